The first-order chi connectivity index (χ1) is 9.47. The van der Waals surface area contributed by atoms with Crippen molar-refractivity contribution in [3.8, 4) is 0 Å². The van der Waals surface area contributed by atoms with Crippen LogP contribution in [-0.2, 0) is 0 Å². The average molecular weight is 285 g/mol. The molecule has 1 unspecified atom stereocenters. The van der Waals surface area contributed by atoms with Crippen molar-refractivity contribution in [1.29, 1.82) is 0 Å². The van der Waals surface area contributed by atoms with E-state index in [4.69, 9.17) is 5.11 Å². The number of hydrogen-bond acceptors (Lipinski definition) is 4. The lowest BCUT2D eigenvalue weighted by atomic mass is 9.84. The van der Waals surface area contributed by atoms with Crippen LogP contribution in [0.2, 0.25) is 0 Å². The highest BCUT2D eigenvalue weighted by Gasteiger charge is 2.25. The third-order valence-corrected chi connectivity index (χ3v) is 4.30. The predicted octanol–water partition coefficient (Wildman–Crippen LogP) is 1.40. The standard InChI is InChI=1S/C16H35N3O/c1-5-7-17-15(16(2,3)4)6-8-18-9-11-19(12-10-18)13-14-20/h15,17,20H,5-14H2,1-4H3. The number of rotatable bonds is 8. The summed E-state index contributed by atoms with van der Waals surface area (Å²) in [5.74, 6) is 0. The number of aliphatic hydroxyl groups excluding tert-OH is 1. The summed E-state index contributed by atoms with van der Waals surface area (Å²) in [5.41, 5.74) is 0.327. The fourth-order valence-corrected chi connectivity index (χ4v) is 2.85. The highest BCUT2D eigenvalue weighted by atomic mass is 16.3. The Balaban J connectivity index is 2.30. The van der Waals surface area contributed by atoms with Crippen LogP contribution in [0, 0.1) is 5.41 Å². The number of piperazine rings is 1. The van der Waals surface area contributed by atoms with Gasteiger partial charge in [-0.05, 0) is 31.3 Å². The first kappa shape index (κ1) is 17.9. The van der Waals surface area contributed by atoms with Gasteiger partial charge in [0, 0.05) is 38.8 Å². The first-order valence-corrected chi connectivity index (χ1v) is 8.26. The molecule has 0 amide bonds. The van der Waals surface area contributed by atoms with E-state index in [1.807, 2.05) is 0 Å². The van der Waals surface area contributed by atoms with E-state index in [1.54, 1.807) is 0 Å². The first-order valence-electron chi connectivity index (χ1n) is 8.26. The summed E-state index contributed by atoms with van der Waals surface area (Å²) in [7, 11) is 0. The molecule has 0 aliphatic carbocycles. The maximum atomic E-state index is 8.97. The molecule has 0 spiro atoms. The summed E-state index contributed by atoms with van der Waals surface area (Å²) in [6.07, 6.45) is 2.43. The molecule has 0 aromatic carbocycles. The van der Waals surface area contributed by atoms with E-state index in [0.29, 0.717) is 11.5 Å². The maximum absolute atomic E-state index is 8.97. The van der Waals surface area contributed by atoms with Crippen molar-refractivity contribution < 1.29 is 5.11 Å². The van der Waals surface area contributed by atoms with Crippen LogP contribution in [0.4, 0.5) is 0 Å². The van der Waals surface area contributed by atoms with Gasteiger partial charge in [0.1, 0.15) is 0 Å². The molecule has 0 bridgehead atoms. The molecule has 1 atom stereocenters. The minimum absolute atomic E-state index is 0.285. The van der Waals surface area contributed by atoms with Crippen LogP contribution in [0.3, 0.4) is 0 Å². The molecule has 1 rings (SSSR count). The van der Waals surface area contributed by atoms with E-state index in [-0.39, 0.29) is 6.61 Å². The van der Waals surface area contributed by atoms with Gasteiger partial charge in [0.2, 0.25) is 0 Å². The Morgan fingerprint density at radius 2 is 1.60 bits per heavy atom. The number of nitrogens with zero attached hydrogens (tertiary/aromatic N) is 2. The average Bonchev–Trinajstić information content (AvgIpc) is 2.39. The van der Waals surface area contributed by atoms with Gasteiger partial charge in [0.05, 0.1) is 6.61 Å². The molecule has 0 radical (unpaired) electrons. The number of aliphatic hydroxyl groups is 1. The molecule has 4 heteroatoms. The van der Waals surface area contributed by atoms with Crippen molar-refractivity contribution in [3.05, 3.63) is 0 Å². The van der Waals surface area contributed by atoms with Gasteiger partial charge in [-0.25, -0.2) is 0 Å². The van der Waals surface area contributed by atoms with E-state index in [0.717, 1.165) is 39.3 Å². The predicted molar refractivity (Wildman–Crippen MR) is 86.1 cm³/mol. The van der Waals surface area contributed by atoms with Crippen LogP contribution < -0.4 is 5.32 Å². The van der Waals surface area contributed by atoms with E-state index in [2.05, 4.69) is 42.8 Å². The lowest BCUT2D eigenvalue weighted by Gasteiger charge is -2.37. The summed E-state index contributed by atoms with van der Waals surface area (Å²) in [4.78, 5) is 4.92. The highest BCUT2D eigenvalue weighted by molar-refractivity contribution is 4.82. The van der Waals surface area contributed by atoms with Gasteiger partial charge in [-0.2, -0.15) is 0 Å². The number of hydrogen-bond donors (Lipinski definition) is 2. The highest BCUT2D eigenvalue weighted by Crippen LogP contribution is 2.22. The monoisotopic (exact) mass is 285 g/mol. The minimum atomic E-state index is 0.285. The normalized spacial score (nSPS) is 20.2. The Labute approximate surface area is 125 Å². The lowest BCUT2D eigenvalue weighted by Crippen LogP contribution is -2.49. The molecule has 20 heavy (non-hydrogen) atoms. The third-order valence-electron chi connectivity index (χ3n) is 4.30. The Bertz CT molecular complexity index is 245. The largest absolute Gasteiger partial charge is 0.395 e. The molecule has 0 aromatic rings. The van der Waals surface area contributed by atoms with Crippen molar-refractivity contribution in [2.45, 2.75) is 46.6 Å². The summed E-state index contributed by atoms with van der Waals surface area (Å²) in [5, 5.41) is 12.7. The molecular formula is C16H35N3O. The van der Waals surface area contributed by atoms with Gasteiger partial charge < -0.3 is 15.3 Å². The molecule has 1 aliphatic heterocycles. The quantitative estimate of drug-likeness (QED) is 0.707. The van der Waals surface area contributed by atoms with Crippen molar-refractivity contribution in [2.24, 2.45) is 5.41 Å². The van der Waals surface area contributed by atoms with E-state index in [1.165, 1.54) is 19.4 Å². The van der Waals surface area contributed by atoms with Gasteiger partial charge in [0.15, 0.2) is 0 Å². The summed E-state index contributed by atoms with van der Waals surface area (Å²) in [6, 6.07) is 0.595. The van der Waals surface area contributed by atoms with E-state index >= 15 is 0 Å². The van der Waals surface area contributed by atoms with Crippen LogP contribution in [0.5, 0.6) is 0 Å². The molecule has 0 saturated carbocycles. The van der Waals surface area contributed by atoms with E-state index in [9.17, 15) is 0 Å². The number of β-amino-alcohol motifs (C(OH)–C–C–N with tert-alkyl or cyclic N) is 1. The van der Waals surface area contributed by atoms with Crippen molar-refractivity contribution in [2.75, 3.05) is 52.4 Å². The van der Waals surface area contributed by atoms with E-state index < -0.39 is 0 Å². The SMILES string of the molecule is CCCNC(CCN1CCN(CCO)CC1)C(C)(C)C. The summed E-state index contributed by atoms with van der Waals surface area (Å²) >= 11 is 0. The topological polar surface area (TPSA) is 38.7 Å². The second-order valence-electron chi connectivity index (χ2n) is 7.07. The summed E-state index contributed by atoms with van der Waals surface area (Å²) < 4.78 is 0. The molecule has 1 heterocycles. The van der Waals surface area contributed by atoms with Gasteiger partial charge in [0.25, 0.3) is 0 Å². The second kappa shape index (κ2) is 8.98. The minimum Gasteiger partial charge on any atom is -0.395 e. The molecule has 2 N–H and O–H groups in total. The smallest absolute Gasteiger partial charge is 0.0558 e. The van der Waals surface area contributed by atoms with Crippen molar-refractivity contribution >= 4 is 0 Å². The fraction of sp³-hybridized carbons (Fsp3) is 1.00. The molecule has 1 fully saturated rings. The zero-order valence-electron chi connectivity index (χ0n) is 14.0. The zero-order valence-corrected chi connectivity index (χ0v) is 14.0. The second-order valence-corrected chi connectivity index (χ2v) is 7.07. The molecule has 0 aromatic heterocycles. The van der Waals surface area contributed by atoms with Gasteiger partial charge >= 0.3 is 0 Å². The molecule has 1 aliphatic rings. The van der Waals surface area contributed by atoms with Crippen molar-refractivity contribution in [3.63, 3.8) is 0 Å². The van der Waals surface area contributed by atoms with Crippen LogP contribution in [0.1, 0.15) is 40.5 Å². The molecule has 4 nitrogen and oxygen atoms in total. The molecular weight excluding hydrogens is 250 g/mol. The fourth-order valence-electron chi connectivity index (χ4n) is 2.85. The van der Waals surface area contributed by atoms with Crippen LogP contribution >= 0.6 is 0 Å². The number of nitrogens with one attached hydrogen (secondary N) is 1. The molecule has 1 saturated heterocycles. The van der Waals surface area contributed by atoms with Gasteiger partial charge in [-0.3, -0.25) is 4.90 Å². The summed E-state index contributed by atoms with van der Waals surface area (Å²) in [6.45, 7) is 17.1. The van der Waals surface area contributed by atoms with Crippen LogP contribution in [0.15, 0.2) is 0 Å². The van der Waals surface area contributed by atoms with Gasteiger partial charge in [-0.1, -0.05) is 27.7 Å². The Morgan fingerprint density at radius 3 is 2.05 bits per heavy atom. The molecule has 120 valence electrons. The van der Waals surface area contributed by atoms with Crippen LogP contribution in [0.25, 0.3) is 0 Å². The Morgan fingerprint density at radius 1 is 1.05 bits per heavy atom. The maximum Gasteiger partial charge on any atom is 0.0558 e. The van der Waals surface area contributed by atoms with Crippen LogP contribution in [-0.4, -0.2) is 73.4 Å². The zero-order chi connectivity index (χ0) is 15.0. The third kappa shape index (κ3) is 6.53. The van der Waals surface area contributed by atoms with Crippen molar-refractivity contribution in [1.82, 2.24) is 15.1 Å². The van der Waals surface area contributed by atoms with Gasteiger partial charge in [-0.15, -0.1) is 0 Å². The Kier molecular flexibility index (Phi) is 8.03. The lowest BCUT2D eigenvalue weighted by molar-refractivity contribution is 0.104. The Hall–Kier alpha value is -0.160.